The minimum absolute atomic E-state index is 0.00958. The van der Waals surface area contributed by atoms with Crippen molar-refractivity contribution in [3.63, 3.8) is 0 Å². The molecule has 2 N–H and O–H groups in total. The number of nitrogens with one attached hydrogen (secondary N) is 1. The van der Waals surface area contributed by atoms with Gasteiger partial charge in [0.2, 0.25) is 0 Å². The number of carboxylic acids is 1. The van der Waals surface area contributed by atoms with E-state index in [1.54, 1.807) is 6.92 Å². The number of carboxylic acid groups (broad SMARTS) is 1. The van der Waals surface area contributed by atoms with Crippen LogP contribution in [0.1, 0.15) is 26.2 Å². The Labute approximate surface area is 94.8 Å². The van der Waals surface area contributed by atoms with Gasteiger partial charge in [-0.05, 0) is 25.2 Å². The van der Waals surface area contributed by atoms with E-state index in [4.69, 9.17) is 5.11 Å². The molecule has 2 rings (SSSR count). The van der Waals surface area contributed by atoms with Crippen LogP contribution >= 0.6 is 0 Å². The quantitative estimate of drug-likeness (QED) is 0.720. The highest BCUT2D eigenvalue weighted by Crippen LogP contribution is 2.28. The third kappa shape index (κ3) is 2.21. The van der Waals surface area contributed by atoms with Crippen molar-refractivity contribution in [1.29, 1.82) is 0 Å². The summed E-state index contributed by atoms with van der Waals surface area (Å²) in [4.78, 5) is 11.0. The van der Waals surface area contributed by atoms with E-state index >= 15 is 0 Å². The Morgan fingerprint density at radius 1 is 1.38 bits per heavy atom. The Bertz CT molecular complexity index is 390. The largest absolute Gasteiger partial charge is 0.480 e. The van der Waals surface area contributed by atoms with E-state index in [0.29, 0.717) is 13.0 Å². The Kier molecular flexibility index (Phi) is 2.93. The number of nitrogens with zero attached hydrogens (tertiary/aromatic N) is 1. The van der Waals surface area contributed by atoms with Gasteiger partial charge in [0.05, 0.1) is 0 Å². The fourth-order valence-electron chi connectivity index (χ4n) is 2.03. The summed E-state index contributed by atoms with van der Waals surface area (Å²) in [7, 11) is -3.62. The second kappa shape index (κ2) is 3.97. The van der Waals surface area contributed by atoms with Gasteiger partial charge in [-0.25, -0.2) is 0 Å². The molecule has 92 valence electrons. The molecule has 0 aromatic heterocycles. The molecule has 0 aromatic rings. The Balaban J connectivity index is 2.15. The van der Waals surface area contributed by atoms with Gasteiger partial charge < -0.3 is 5.11 Å². The second-order valence-corrected chi connectivity index (χ2v) is 6.21. The highest BCUT2D eigenvalue weighted by atomic mass is 32.2. The molecule has 6 nitrogen and oxygen atoms in total. The zero-order valence-electron chi connectivity index (χ0n) is 9.09. The van der Waals surface area contributed by atoms with Crippen LogP contribution in [0.5, 0.6) is 0 Å². The lowest BCUT2D eigenvalue weighted by atomic mass is 10.0. The maximum atomic E-state index is 11.9. The topological polar surface area (TPSA) is 86.7 Å². The van der Waals surface area contributed by atoms with Crippen molar-refractivity contribution in [2.24, 2.45) is 5.92 Å². The fourth-order valence-corrected chi connectivity index (χ4v) is 3.76. The standard InChI is InChI=1S/C9H16N2O4S/c1-6-4-5-11(8(6)9(12)13)16(14,15)10-7-2-3-7/h6-8,10H,2-5H2,1H3,(H,12,13). The lowest BCUT2D eigenvalue weighted by Crippen LogP contribution is -2.48. The van der Waals surface area contributed by atoms with Gasteiger partial charge >= 0.3 is 5.97 Å². The molecule has 1 aliphatic heterocycles. The first kappa shape index (κ1) is 11.8. The van der Waals surface area contributed by atoms with Crippen molar-refractivity contribution < 1.29 is 18.3 Å². The molecule has 16 heavy (non-hydrogen) atoms. The summed E-state index contributed by atoms with van der Waals surface area (Å²) in [6, 6.07) is -0.911. The van der Waals surface area contributed by atoms with Gasteiger partial charge in [0.15, 0.2) is 0 Å². The average Bonchev–Trinajstić information content (AvgIpc) is 2.84. The minimum atomic E-state index is -3.62. The molecule has 1 heterocycles. The third-order valence-corrected chi connectivity index (χ3v) is 4.77. The van der Waals surface area contributed by atoms with E-state index in [1.807, 2.05) is 0 Å². The molecule has 0 bridgehead atoms. The zero-order valence-corrected chi connectivity index (χ0v) is 9.90. The maximum absolute atomic E-state index is 11.9. The van der Waals surface area contributed by atoms with Gasteiger partial charge in [-0.1, -0.05) is 6.92 Å². The van der Waals surface area contributed by atoms with Gasteiger partial charge in [0.25, 0.3) is 10.2 Å². The van der Waals surface area contributed by atoms with E-state index in [-0.39, 0.29) is 12.0 Å². The first-order valence-corrected chi connectivity index (χ1v) is 6.88. The summed E-state index contributed by atoms with van der Waals surface area (Å²) < 4.78 is 27.4. The van der Waals surface area contributed by atoms with Crippen LogP contribution < -0.4 is 4.72 Å². The molecule has 1 aliphatic carbocycles. The fraction of sp³-hybridized carbons (Fsp3) is 0.889. The zero-order chi connectivity index (χ0) is 11.9. The van der Waals surface area contributed by atoms with Crippen LogP contribution in [-0.2, 0) is 15.0 Å². The predicted molar refractivity (Wildman–Crippen MR) is 57.0 cm³/mol. The molecule has 2 aliphatic rings. The lowest BCUT2D eigenvalue weighted by molar-refractivity contribution is -0.141. The van der Waals surface area contributed by atoms with Gasteiger partial charge in [0.1, 0.15) is 6.04 Å². The van der Waals surface area contributed by atoms with Crippen LogP contribution in [0.3, 0.4) is 0 Å². The third-order valence-electron chi connectivity index (χ3n) is 3.11. The smallest absolute Gasteiger partial charge is 0.322 e. The van der Waals surface area contributed by atoms with E-state index in [9.17, 15) is 13.2 Å². The summed E-state index contributed by atoms with van der Waals surface area (Å²) in [6.07, 6.45) is 2.29. The van der Waals surface area contributed by atoms with Crippen molar-refractivity contribution in [3.8, 4) is 0 Å². The highest BCUT2D eigenvalue weighted by molar-refractivity contribution is 7.87. The first-order chi connectivity index (χ1) is 7.42. The number of aliphatic carboxylic acids is 1. The monoisotopic (exact) mass is 248 g/mol. The summed E-state index contributed by atoms with van der Waals surface area (Å²) in [6.45, 7) is 2.06. The molecule has 0 radical (unpaired) electrons. The number of rotatable bonds is 4. The summed E-state index contributed by atoms with van der Waals surface area (Å²) in [5.74, 6) is -1.19. The van der Waals surface area contributed by atoms with E-state index in [0.717, 1.165) is 17.1 Å². The van der Waals surface area contributed by atoms with Gasteiger partial charge in [-0.3, -0.25) is 4.79 Å². The van der Waals surface area contributed by atoms with Crippen LogP contribution in [0.15, 0.2) is 0 Å². The molecular weight excluding hydrogens is 232 g/mol. The molecule has 0 aromatic carbocycles. The van der Waals surface area contributed by atoms with E-state index < -0.39 is 22.2 Å². The van der Waals surface area contributed by atoms with Crippen molar-refractivity contribution in [2.45, 2.75) is 38.3 Å². The molecule has 0 amide bonds. The van der Waals surface area contributed by atoms with Crippen molar-refractivity contribution in [1.82, 2.24) is 9.03 Å². The minimum Gasteiger partial charge on any atom is -0.480 e. The number of hydrogen-bond acceptors (Lipinski definition) is 3. The molecule has 2 atom stereocenters. The van der Waals surface area contributed by atoms with Gasteiger partial charge in [-0.2, -0.15) is 17.4 Å². The molecule has 7 heteroatoms. The molecular formula is C9H16N2O4S. The molecule has 1 saturated heterocycles. The van der Waals surface area contributed by atoms with Crippen LogP contribution in [0.2, 0.25) is 0 Å². The first-order valence-electron chi connectivity index (χ1n) is 5.43. The highest BCUT2D eigenvalue weighted by Gasteiger charge is 2.44. The number of carbonyl (C=O) groups is 1. The summed E-state index contributed by atoms with van der Waals surface area (Å²) in [5, 5.41) is 9.03. The van der Waals surface area contributed by atoms with Gasteiger partial charge in [-0.15, -0.1) is 0 Å². The Morgan fingerprint density at radius 3 is 2.50 bits per heavy atom. The van der Waals surface area contributed by atoms with Crippen molar-refractivity contribution in [2.75, 3.05) is 6.54 Å². The van der Waals surface area contributed by atoms with Crippen molar-refractivity contribution in [3.05, 3.63) is 0 Å². The predicted octanol–water partition coefficient (Wildman–Crippen LogP) is -0.222. The number of hydrogen-bond donors (Lipinski definition) is 2. The van der Waals surface area contributed by atoms with Crippen LogP contribution in [0.25, 0.3) is 0 Å². The van der Waals surface area contributed by atoms with E-state index in [2.05, 4.69) is 4.72 Å². The van der Waals surface area contributed by atoms with Crippen molar-refractivity contribution >= 4 is 16.2 Å². The average molecular weight is 248 g/mol. The second-order valence-electron chi connectivity index (χ2n) is 4.56. The normalized spacial score (nSPS) is 31.8. The van der Waals surface area contributed by atoms with E-state index in [1.165, 1.54) is 0 Å². The SMILES string of the molecule is CC1CCN(S(=O)(=O)NC2CC2)C1C(=O)O. The summed E-state index contributed by atoms with van der Waals surface area (Å²) in [5.41, 5.74) is 0. The Morgan fingerprint density at radius 2 is 2.00 bits per heavy atom. The Hall–Kier alpha value is -0.660. The molecule has 2 fully saturated rings. The van der Waals surface area contributed by atoms with Crippen LogP contribution in [-0.4, -0.2) is 42.4 Å². The molecule has 2 unspecified atom stereocenters. The maximum Gasteiger partial charge on any atom is 0.322 e. The summed E-state index contributed by atoms with van der Waals surface area (Å²) >= 11 is 0. The molecule has 1 saturated carbocycles. The lowest BCUT2D eigenvalue weighted by Gasteiger charge is -2.22. The van der Waals surface area contributed by atoms with Crippen LogP contribution in [0, 0.1) is 5.92 Å². The van der Waals surface area contributed by atoms with Gasteiger partial charge in [0, 0.05) is 12.6 Å². The van der Waals surface area contributed by atoms with Crippen LogP contribution in [0.4, 0.5) is 0 Å². The molecule has 0 spiro atoms.